The molecule has 1 atom stereocenters. The SMILES string of the molecule is COc1ccc(Br)c2c1[C@@H](CN1Cc3ccccc3C1)NCC2. The summed E-state index contributed by atoms with van der Waals surface area (Å²) in [5, 5.41) is 3.69. The normalized spacial score (nSPS) is 20.2. The third-order valence-electron chi connectivity index (χ3n) is 4.94. The molecule has 4 heteroatoms. The Morgan fingerprint density at radius 2 is 1.91 bits per heavy atom. The van der Waals surface area contributed by atoms with E-state index in [2.05, 4.69) is 62.5 Å². The Labute approximate surface area is 145 Å². The standard InChI is InChI=1S/C19H21BrN2O/c1-23-18-7-6-16(20)15-8-9-21-17(19(15)18)12-22-10-13-4-2-3-5-14(13)11-22/h2-7,17,21H,8-12H2,1H3/t17-/m1/s1. The molecule has 2 aliphatic heterocycles. The second kappa shape index (κ2) is 6.27. The predicted octanol–water partition coefficient (Wildman–Crippen LogP) is 3.66. The van der Waals surface area contributed by atoms with Crippen LogP contribution in [-0.2, 0) is 19.5 Å². The van der Waals surface area contributed by atoms with Crippen molar-refractivity contribution in [2.24, 2.45) is 0 Å². The highest BCUT2D eigenvalue weighted by Crippen LogP contribution is 2.37. The molecule has 0 aliphatic carbocycles. The van der Waals surface area contributed by atoms with Crippen LogP contribution >= 0.6 is 15.9 Å². The Kier molecular flexibility index (Phi) is 4.14. The maximum Gasteiger partial charge on any atom is 0.124 e. The number of halogens is 1. The van der Waals surface area contributed by atoms with Gasteiger partial charge in [0.2, 0.25) is 0 Å². The smallest absolute Gasteiger partial charge is 0.124 e. The highest BCUT2D eigenvalue weighted by molar-refractivity contribution is 9.10. The van der Waals surface area contributed by atoms with E-state index in [1.807, 2.05) is 0 Å². The van der Waals surface area contributed by atoms with Crippen LogP contribution in [0.25, 0.3) is 0 Å². The lowest BCUT2D eigenvalue weighted by Crippen LogP contribution is -2.37. The van der Waals surface area contributed by atoms with Gasteiger partial charge >= 0.3 is 0 Å². The van der Waals surface area contributed by atoms with Crippen molar-refractivity contribution >= 4 is 15.9 Å². The molecule has 0 fully saturated rings. The van der Waals surface area contributed by atoms with Gasteiger partial charge in [0.1, 0.15) is 5.75 Å². The number of hydrogen-bond donors (Lipinski definition) is 1. The molecule has 3 nitrogen and oxygen atoms in total. The number of rotatable bonds is 3. The predicted molar refractivity (Wildman–Crippen MR) is 95.7 cm³/mol. The highest BCUT2D eigenvalue weighted by atomic mass is 79.9. The van der Waals surface area contributed by atoms with E-state index in [1.54, 1.807) is 7.11 Å². The summed E-state index contributed by atoms with van der Waals surface area (Å²) in [6, 6.07) is 13.3. The Balaban J connectivity index is 1.60. The van der Waals surface area contributed by atoms with Crippen molar-refractivity contribution in [3.8, 4) is 5.75 Å². The van der Waals surface area contributed by atoms with Gasteiger partial charge in [-0.05, 0) is 41.8 Å². The molecule has 0 radical (unpaired) electrons. The van der Waals surface area contributed by atoms with E-state index in [9.17, 15) is 0 Å². The minimum atomic E-state index is 0.320. The van der Waals surface area contributed by atoms with Crippen LogP contribution in [0.4, 0.5) is 0 Å². The summed E-state index contributed by atoms with van der Waals surface area (Å²) in [5.74, 6) is 0.997. The molecule has 2 aromatic rings. The first-order valence-electron chi connectivity index (χ1n) is 8.14. The van der Waals surface area contributed by atoms with Crippen molar-refractivity contribution in [1.82, 2.24) is 10.2 Å². The van der Waals surface area contributed by atoms with Crippen molar-refractivity contribution < 1.29 is 4.74 Å². The number of methoxy groups -OCH3 is 1. The Morgan fingerprint density at radius 1 is 1.17 bits per heavy atom. The van der Waals surface area contributed by atoms with Crippen molar-refractivity contribution in [3.63, 3.8) is 0 Å². The quantitative estimate of drug-likeness (QED) is 0.889. The van der Waals surface area contributed by atoms with Crippen LogP contribution < -0.4 is 10.1 Å². The summed E-state index contributed by atoms with van der Waals surface area (Å²) in [6.45, 7) is 4.11. The number of nitrogens with one attached hydrogen (secondary N) is 1. The molecule has 1 N–H and O–H groups in total. The third kappa shape index (κ3) is 2.80. The molecule has 0 spiro atoms. The number of nitrogens with zero attached hydrogens (tertiary/aromatic N) is 1. The molecule has 2 aliphatic rings. The number of fused-ring (bicyclic) bond motifs is 2. The first-order valence-corrected chi connectivity index (χ1v) is 8.93. The van der Waals surface area contributed by atoms with Crippen LogP contribution in [-0.4, -0.2) is 25.1 Å². The molecule has 0 amide bonds. The molecule has 120 valence electrons. The van der Waals surface area contributed by atoms with E-state index in [0.29, 0.717) is 6.04 Å². The molecule has 0 bridgehead atoms. The zero-order valence-corrected chi connectivity index (χ0v) is 14.9. The van der Waals surface area contributed by atoms with Gasteiger partial charge in [0.15, 0.2) is 0 Å². The Hall–Kier alpha value is -1.36. The summed E-state index contributed by atoms with van der Waals surface area (Å²) in [7, 11) is 1.76. The lowest BCUT2D eigenvalue weighted by molar-refractivity contribution is 0.241. The second-order valence-electron chi connectivity index (χ2n) is 6.34. The summed E-state index contributed by atoms with van der Waals surface area (Å²) in [4.78, 5) is 2.53. The molecular weight excluding hydrogens is 352 g/mol. The van der Waals surface area contributed by atoms with Gasteiger partial charge in [-0.3, -0.25) is 4.90 Å². The van der Waals surface area contributed by atoms with Gasteiger partial charge in [-0.2, -0.15) is 0 Å². The van der Waals surface area contributed by atoms with Gasteiger partial charge in [0, 0.05) is 35.7 Å². The minimum Gasteiger partial charge on any atom is -0.496 e. The molecular formula is C19H21BrN2O. The van der Waals surface area contributed by atoms with E-state index in [-0.39, 0.29) is 0 Å². The Bertz CT molecular complexity index is 706. The van der Waals surface area contributed by atoms with Crippen molar-refractivity contribution in [2.45, 2.75) is 25.6 Å². The molecule has 2 aromatic carbocycles. The second-order valence-corrected chi connectivity index (χ2v) is 7.19. The number of benzene rings is 2. The van der Waals surface area contributed by atoms with E-state index in [0.717, 1.165) is 38.3 Å². The van der Waals surface area contributed by atoms with Crippen LogP contribution in [0.5, 0.6) is 5.75 Å². The zero-order chi connectivity index (χ0) is 15.8. The largest absolute Gasteiger partial charge is 0.496 e. The summed E-state index contributed by atoms with van der Waals surface area (Å²) in [5.41, 5.74) is 5.64. The van der Waals surface area contributed by atoms with Crippen LogP contribution in [0.2, 0.25) is 0 Å². The first kappa shape index (κ1) is 15.2. The fourth-order valence-corrected chi connectivity index (χ4v) is 4.40. The van der Waals surface area contributed by atoms with Crippen LogP contribution in [0.1, 0.15) is 28.3 Å². The average Bonchev–Trinajstić information content (AvgIpc) is 2.98. The maximum atomic E-state index is 5.64. The average molecular weight is 373 g/mol. The van der Waals surface area contributed by atoms with E-state index < -0.39 is 0 Å². The Morgan fingerprint density at radius 3 is 2.61 bits per heavy atom. The van der Waals surface area contributed by atoms with Gasteiger partial charge in [0.25, 0.3) is 0 Å². The minimum absolute atomic E-state index is 0.320. The fraction of sp³-hybridized carbons (Fsp3) is 0.368. The zero-order valence-electron chi connectivity index (χ0n) is 13.3. The van der Waals surface area contributed by atoms with Gasteiger partial charge in [-0.1, -0.05) is 40.2 Å². The fourth-order valence-electron chi connectivity index (χ4n) is 3.85. The molecule has 4 rings (SSSR count). The third-order valence-corrected chi connectivity index (χ3v) is 5.68. The van der Waals surface area contributed by atoms with Gasteiger partial charge in [-0.15, -0.1) is 0 Å². The summed E-state index contributed by atoms with van der Waals surface area (Å²) in [6.07, 6.45) is 1.05. The van der Waals surface area contributed by atoms with E-state index >= 15 is 0 Å². The highest BCUT2D eigenvalue weighted by Gasteiger charge is 2.29. The topological polar surface area (TPSA) is 24.5 Å². The lowest BCUT2D eigenvalue weighted by Gasteiger charge is -2.32. The molecule has 0 saturated heterocycles. The molecule has 0 saturated carbocycles. The lowest BCUT2D eigenvalue weighted by atomic mass is 9.93. The number of hydrogen-bond acceptors (Lipinski definition) is 3. The molecule has 0 aromatic heterocycles. The van der Waals surface area contributed by atoms with Crippen molar-refractivity contribution in [3.05, 3.63) is 63.1 Å². The number of ether oxygens (including phenoxy) is 1. The van der Waals surface area contributed by atoms with Crippen molar-refractivity contribution in [1.29, 1.82) is 0 Å². The first-order chi connectivity index (χ1) is 11.3. The van der Waals surface area contributed by atoms with E-state index in [4.69, 9.17) is 4.74 Å². The van der Waals surface area contributed by atoms with Gasteiger partial charge in [0.05, 0.1) is 7.11 Å². The summed E-state index contributed by atoms with van der Waals surface area (Å²) >= 11 is 3.71. The van der Waals surface area contributed by atoms with Crippen LogP contribution in [0.3, 0.4) is 0 Å². The monoisotopic (exact) mass is 372 g/mol. The van der Waals surface area contributed by atoms with Gasteiger partial charge in [-0.25, -0.2) is 0 Å². The maximum absolute atomic E-state index is 5.64. The molecule has 2 heterocycles. The van der Waals surface area contributed by atoms with Crippen molar-refractivity contribution in [2.75, 3.05) is 20.2 Å². The van der Waals surface area contributed by atoms with Crippen LogP contribution in [0, 0.1) is 0 Å². The van der Waals surface area contributed by atoms with Crippen LogP contribution in [0.15, 0.2) is 40.9 Å². The summed E-state index contributed by atoms with van der Waals surface area (Å²) < 4.78 is 6.84. The van der Waals surface area contributed by atoms with Gasteiger partial charge < -0.3 is 10.1 Å². The molecule has 23 heavy (non-hydrogen) atoms. The molecule has 0 unspecified atom stereocenters. The van der Waals surface area contributed by atoms with E-state index in [1.165, 1.54) is 26.7 Å².